The second-order valence-electron chi connectivity index (χ2n) is 6.32. The number of ether oxygens (including phenoxy) is 1. The molecule has 2 aromatic heterocycles. The summed E-state index contributed by atoms with van der Waals surface area (Å²) in [5.41, 5.74) is 1.29. The zero-order chi connectivity index (χ0) is 20.4. The maximum Gasteiger partial charge on any atom is 0.266 e. The van der Waals surface area contributed by atoms with E-state index >= 15 is 0 Å². The molecule has 2 heterocycles. The third-order valence-corrected chi connectivity index (χ3v) is 5.79. The predicted octanol–water partition coefficient (Wildman–Crippen LogP) is 4.46. The number of para-hydroxylation sites is 1. The van der Waals surface area contributed by atoms with E-state index in [1.165, 1.54) is 11.8 Å². The third-order valence-electron chi connectivity index (χ3n) is 4.51. The van der Waals surface area contributed by atoms with Crippen LogP contribution in [0.5, 0.6) is 5.75 Å². The molecule has 4 aromatic rings. The minimum atomic E-state index is -0.111. The average Bonchev–Trinajstić information content (AvgIpc) is 3.05. The zero-order valence-electron chi connectivity index (χ0n) is 16.0. The number of nitrogens with zero attached hydrogens (tertiary/aromatic N) is 4. The van der Waals surface area contributed by atoms with Gasteiger partial charge in [0.25, 0.3) is 5.56 Å². The van der Waals surface area contributed by atoms with Crippen LogP contribution in [0.1, 0.15) is 12.7 Å². The number of halogens is 1. The summed E-state index contributed by atoms with van der Waals surface area (Å²) < 4.78 is 8.96. The van der Waals surface area contributed by atoms with E-state index in [0.717, 1.165) is 17.3 Å². The van der Waals surface area contributed by atoms with Gasteiger partial charge in [-0.2, -0.15) is 0 Å². The Morgan fingerprint density at radius 3 is 2.59 bits per heavy atom. The molecule has 0 saturated heterocycles. The normalized spacial score (nSPS) is 11.1. The second kappa shape index (κ2) is 8.31. The Balaban J connectivity index is 1.80. The maximum absolute atomic E-state index is 13.3. The number of rotatable bonds is 6. The van der Waals surface area contributed by atoms with Gasteiger partial charge in [-0.25, -0.2) is 9.97 Å². The van der Waals surface area contributed by atoms with Gasteiger partial charge in [-0.05, 0) is 43.3 Å². The van der Waals surface area contributed by atoms with Crippen molar-refractivity contribution in [3.8, 4) is 11.4 Å². The summed E-state index contributed by atoms with van der Waals surface area (Å²) in [7, 11) is 1.86. The summed E-state index contributed by atoms with van der Waals surface area (Å²) in [4.78, 5) is 22.4. The molecule has 0 aliphatic heterocycles. The fraction of sp³-hybridized carbons (Fsp3) is 0.190. The molecule has 2 aromatic carbocycles. The molecule has 0 atom stereocenters. The lowest BCUT2D eigenvalue weighted by atomic mass is 10.2. The summed E-state index contributed by atoms with van der Waals surface area (Å²) in [6, 6.07) is 14.8. The lowest BCUT2D eigenvalue weighted by Crippen LogP contribution is -2.21. The van der Waals surface area contributed by atoms with Gasteiger partial charge in [0.05, 0.1) is 35.1 Å². The number of benzene rings is 2. The van der Waals surface area contributed by atoms with Crippen LogP contribution in [-0.2, 0) is 12.8 Å². The molecule has 8 heteroatoms. The molecule has 0 unspecified atom stereocenters. The van der Waals surface area contributed by atoms with Crippen LogP contribution in [0.15, 0.2) is 64.7 Å². The van der Waals surface area contributed by atoms with Crippen molar-refractivity contribution in [3.05, 3.63) is 76.1 Å². The van der Waals surface area contributed by atoms with Crippen LogP contribution < -0.4 is 10.3 Å². The van der Waals surface area contributed by atoms with E-state index in [1.54, 1.807) is 16.8 Å². The molecule has 148 valence electrons. The van der Waals surface area contributed by atoms with E-state index in [-0.39, 0.29) is 5.56 Å². The highest BCUT2D eigenvalue weighted by Crippen LogP contribution is 2.26. The molecular weight excluding hydrogens is 408 g/mol. The van der Waals surface area contributed by atoms with Crippen molar-refractivity contribution in [1.82, 2.24) is 19.1 Å². The van der Waals surface area contributed by atoms with E-state index in [9.17, 15) is 4.79 Å². The van der Waals surface area contributed by atoms with Crippen LogP contribution in [0.4, 0.5) is 0 Å². The Kier molecular flexibility index (Phi) is 5.60. The van der Waals surface area contributed by atoms with Crippen LogP contribution in [0.25, 0.3) is 16.6 Å². The molecule has 0 spiro atoms. The highest BCUT2D eigenvalue weighted by molar-refractivity contribution is 7.98. The number of hydrogen-bond donors (Lipinski definition) is 0. The zero-order valence-corrected chi connectivity index (χ0v) is 17.6. The first-order chi connectivity index (χ1) is 14.1. The summed E-state index contributed by atoms with van der Waals surface area (Å²) >= 11 is 7.54. The highest BCUT2D eigenvalue weighted by Gasteiger charge is 2.15. The Morgan fingerprint density at radius 2 is 1.90 bits per heavy atom. The van der Waals surface area contributed by atoms with E-state index in [4.69, 9.17) is 21.3 Å². The second-order valence-corrected chi connectivity index (χ2v) is 7.65. The lowest BCUT2D eigenvalue weighted by molar-refractivity contribution is 0.340. The summed E-state index contributed by atoms with van der Waals surface area (Å²) in [5.74, 6) is 2.10. The minimum absolute atomic E-state index is 0.111. The Labute approximate surface area is 177 Å². The van der Waals surface area contributed by atoms with E-state index in [2.05, 4.69) is 4.98 Å². The van der Waals surface area contributed by atoms with Crippen molar-refractivity contribution in [2.75, 3.05) is 6.61 Å². The molecule has 0 bridgehead atoms. The van der Waals surface area contributed by atoms with Crippen molar-refractivity contribution in [2.45, 2.75) is 17.8 Å². The van der Waals surface area contributed by atoms with Gasteiger partial charge < -0.3 is 9.30 Å². The standard InChI is InChI=1S/C21H19ClN4O2S/c1-3-28-15-10-8-14(9-11-15)26-20(27)16-6-4-5-7-17(16)24-21(26)29-13-19-23-12-18(22)25(19)2/h4-12H,3,13H2,1-2H3. The van der Waals surface area contributed by atoms with Crippen LogP contribution in [0.3, 0.4) is 0 Å². The van der Waals surface area contributed by atoms with Gasteiger partial charge in [-0.15, -0.1) is 0 Å². The smallest absolute Gasteiger partial charge is 0.266 e. The molecule has 0 radical (unpaired) electrons. The fourth-order valence-corrected chi connectivity index (χ4v) is 4.14. The van der Waals surface area contributed by atoms with Gasteiger partial charge in [0.1, 0.15) is 16.7 Å². The molecule has 0 aliphatic carbocycles. The lowest BCUT2D eigenvalue weighted by Gasteiger charge is -2.14. The van der Waals surface area contributed by atoms with Crippen molar-refractivity contribution >= 4 is 34.3 Å². The van der Waals surface area contributed by atoms with Crippen LogP contribution >= 0.6 is 23.4 Å². The van der Waals surface area contributed by atoms with Gasteiger partial charge in [-0.3, -0.25) is 9.36 Å². The third kappa shape index (κ3) is 3.88. The van der Waals surface area contributed by atoms with E-state index < -0.39 is 0 Å². The summed E-state index contributed by atoms with van der Waals surface area (Å²) in [6.45, 7) is 2.52. The molecule has 6 nitrogen and oxygen atoms in total. The fourth-order valence-electron chi connectivity index (χ4n) is 2.98. The number of thioether (sulfide) groups is 1. The summed E-state index contributed by atoms with van der Waals surface area (Å²) in [6.07, 6.45) is 1.62. The van der Waals surface area contributed by atoms with Crippen molar-refractivity contribution in [3.63, 3.8) is 0 Å². The van der Waals surface area contributed by atoms with Crippen molar-refractivity contribution in [2.24, 2.45) is 7.05 Å². The van der Waals surface area contributed by atoms with Gasteiger partial charge in [0.15, 0.2) is 5.16 Å². The monoisotopic (exact) mass is 426 g/mol. The quantitative estimate of drug-likeness (QED) is 0.336. The average molecular weight is 427 g/mol. The molecule has 0 N–H and O–H groups in total. The molecule has 0 aliphatic rings. The highest BCUT2D eigenvalue weighted by atomic mass is 35.5. The Hall–Kier alpha value is -2.77. The minimum Gasteiger partial charge on any atom is -0.494 e. The SMILES string of the molecule is CCOc1ccc(-n2c(SCc3ncc(Cl)n3C)nc3ccccc3c2=O)cc1. The van der Waals surface area contributed by atoms with Gasteiger partial charge in [-0.1, -0.05) is 35.5 Å². The topological polar surface area (TPSA) is 61.9 Å². The summed E-state index contributed by atoms with van der Waals surface area (Å²) in [5, 5.41) is 1.73. The Bertz CT molecular complexity index is 1220. The van der Waals surface area contributed by atoms with Gasteiger partial charge in [0, 0.05) is 7.05 Å². The number of imidazole rings is 1. The van der Waals surface area contributed by atoms with Gasteiger partial charge in [0.2, 0.25) is 0 Å². The predicted molar refractivity (Wildman–Crippen MR) is 116 cm³/mol. The van der Waals surface area contributed by atoms with Crippen molar-refractivity contribution in [1.29, 1.82) is 0 Å². The Morgan fingerprint density at radius 1 is 1.14 bits per heavy atom. The number of aromatic nitrogens is 4. The first kappa shape index (κ1) is 19.5. The molecule has 29 heavy (non-hydrogen) atoms. The molecule has 0 fully saturated rings. The molecule has 0 saturated carbocycles. The van der Waals surface area contributed by atoms with Crippen LogP contribution in [0, 0.1) is 0 Å². The van der Waals surface area contributed by atoms with Crippen LogP contribution in [0.2, 0.25) is 5.15 Å². The van der Waals surface area contributed by atoms with Gasteiger partial charge >= 0.3 is 0 Å². The first-order valence-electron chi connectivity index (χ1n) is 9.12. The number of fused-ring (bicyclic) bond motifs is 1. The maximum atomic E-state index is 13.3. The van der Waals surface area contributed by atoms with E-state index in [1.807, 2.05) is 61.0 Å². The van der Waals surface area contributed by atoms with E-state index in [0.29, 0.717) is 33.6 Å². The molecule has 0 amide bonds. The number of hydrogen-bond acceptors (Lipinski definition) is 5. The van der Waals surface area contributed by atoms with Crippen molar-refractivity contribution < 1.29 is 4.74 Å². The molecular formula is C21H19ClN4O2S. The molecule has 4 rings (SSSR count). The largest absolute Gasteiger partial charge is 0.494 e. The van der Waals surface area contributed by atoms with Crippen LogP contribution in [-0.4, -0.2) is 25.7 Å². The first-order valence-corrected chi connectivity index (χ1v) is 10.5.